The molecule has 0 saturated heterocycles. The number of carbonyl (C=O) groups excluding carboxylic acids is 2. The number of ether oxygens (including phenoxy) is 2. The van der Waals surface area contributed by atoms with Gasteiger partial charge in [-0.05, 0) is 25.0 Å². The van der Waals surface area contributed by atoms with E-state index in [1.54, 1.807) is 31.4 Å². The quantitative estimate of drug-likeness (QED) is 0.861. The maximum Gasteiger partial charge on any atom is 0.334 e. The molecule has 1 aromatic carbocycles. The van der Waals surface area contributed by atoms with E-state index in [1.807, 2.05) is 6.07 Å². The van der Waals surface area contributed by atoms with Crippen molar-refractivity contribution in [3.05, 3.63) is 35.9 Å². The van der Waals surface area contributed by atoms with Crippen molar-refractivity contribution in [1.82, 2.24) is 5.32 Å². The van der Waals surface area contributed by atoms with Crippen LogP contribution in [0.5, 0.6) is 0 Å². The van der Waals surface area contributed by atoms with Gasteiger partial charge in [-0.1, -0.05) is 31.0 Å². The van der Waals surface area contributed by atoms with E-state index in [-0.39, 0.29) is 12.0 Å². The third-order valence-electron chi connectivity index (χ3n) is 4.04. The summed E-state index contributed by atoms with van der Waals surface area (Å²) in [6, 6.07) is 8.84. The van der Waals surface area contributed by atoms with Crippen LogP contribution in [0.3, 0.4) is 0 Å². The van der Waals surface area contributed by atoms with Gasteiger partial charge in [-0.2, -0.15) is 0 Å². The molecule has 2 rings (SSSR count). The Kier molecular flexibility index (Phi) is 4.96. The van der Waals surface area contributed by atoms with Crippen LogP contribution >= 0.6 is 0 Å². The number of hydrogen-bond donors (Lipinski definition) is 1. The van der Waals surface area contributed by atoms with Gasteiger partial charge in [-0.15, -0.1) is 0 Å². The zero-order chi connectivity index (χ0) is 15.3. The molecule has 1 aliphatic rings. The van der Waals surface area contributed by atoms with Gasteiger partial charge in [-0.3, -0.25) is 4.79 Å². The van der Waals surface area contributed by atoms with Crippen molar-refractivity contribution >= 4 is 11.9 Å². The van der Waals surface area contributed by atoms with E-state index >= 15 is 0 Å². The highest BCUT2D eigenvalue weighted by Crippen LogP contribution is 2.32. The number of benzene rings is 1. The first-order valence-corrected chi connectivity index (χ1v) is 7.13. The van der Waals surface area contributed by atoms with Crippen LogP contribution < -0.4 is 5.32 Å². The summed E-state index contributed by atoms with van der Waals surface area (Å²) in [7, 11) is 2.89. The molecule has 114 valence electrons. The Labute approximate surface area is 124 Å². The average Bonchev–Trinajstić information content (AvgIpc) is 2.55. The van der Waals surface area contributed by atoms with Crippen molar-refractivity contribution in [2.75, 3.05) is 14.2 Å². The Morgan fingerprint density at radius 3 is 2.52 bits per heavy atom. The predicted octanol–water partition coefficient (Wildman–Crippen LogP) is 1.92. The number of nitrogens with one attached hydrogen (secondary N) is 1. The largest absolute Gasteiger partial charge is 0.467 e. The lowest BCUT2D eigenvalue weighted by atomic mass is 9.78. The van der Waals surface area contributed by atoms with E-state index in [0.717, 1.165) is 19.3 Å². The third kappa shape index (κ3) is 3.08. The molecule has 0 radical (unpaired) electrons. The van der Waals surface area contributed by atoms with E-state index in [2.05, 4.69) is 5.32 Å². The summed E-state index contributed by atoms with van der Waals surface area (Å²) < 4.78 is 10.4. The molecule has 0 bridgehead atoms. The van der Waals surface area contributed by atoms with Crippen molar-refractivity contribution in [1.29, 1.82) is 0 Å². The molecular formula is C16H21NO4. The molecule has 1 aromatic rings. The minimum absolute atomic E-state index is 0.287. The van der Waals surface area contributed by atoms with Gasteiger partial charge in [0.1, 0.15) is 0 Å². The first kappa shape index (κ1) is 15.5. The molecule has 1 saturated carbocycles. The molecule has 0 aromatic heterocycles. The summed E-state index contributed by atoms with van der Waals surface area (Å²) >= 11 is 0. The highest BCUT2D eigenvalue weighted by atomic mass is 16.5. The smallest absolute Gasteiger partial charge is 0.334 e. The molecule has 2 atom stereocenters. The molecule has 5 nitrogen and oxygen atoms in total. The first-order chi connectivity index (χ1) is 10.1. The highest BCUT2D eigenvalue weighted by molar-refractivity contribution is 5.98. The fourth-order valence-electron chi connectivity index (χ4n) is 2.93. The second-order valence-electron chi connectivity index (χ2n) is 5.25. The first-order valence-electron chi connectivity index (χ1n) is 7.13. The average molecular weight is 291 g/mol. The van der Waals surface area contributed by atoms with Crippen LogP contribution in [-0.2, 0) is 14.3 Å². The second kappa shape index (κ2) is 6.72. The Balaban J connectivity index is 2.28. The summed E-state index contributed by atoms with van der Waals surface area (Å²) in [6.45, 7) is 0. The van der Waals surface area contributed by atoms with E-state index in [4.69, 9.17) is 9.47 Å². The Morgan fingerprint density at radius 1 is 1.19 bits per heavy atom. The van der Waals surface area contributed by atoms with Gasteiger partial charge in [0.2, 0.25) is 0 Å². The van der Waals surface area contributed by atoms with Crippen molar-refractivity contribution in [3.8, 4) is 0 Å². The molecule has 0 unspecified atom stereocenters. The molecule has 1 amide bonds. The standard InChI is InChI=1S/C16H21NO4/c1-20-13-10-6-7-11-16(13,15(19)21-2)17-14(18)12-8-4-3-5-9-12/h3-5,8-9,13H,6-7,10-11H2,1-2H3,(H,17,18)/t13-,16-/m1/s1. The van der Waals surface area contributed by atoms with E-state index in [9.17, 15) is 9.59 Å². The summed E-state index contributed by atoms with van der Waals surface area (Å²) in [6.07, 6.45) is 2.70. The lowest BCUT2D eigenvalue weighted by Crippen LogP contribution is -2.64. The van der Waals surface area contributed by atoms with Gasteiger partial charge in [0.25, 0.3) is 5.91 Å². The predicted molar refractivity (Wildman–Crippen MR) is 77.9 cm³/mol. The molecule has 0 spiro atoms. The van der Waals surface area contributed by atoms with Gasteiger partial charge in [0, 0.05) is 12.7 Å². The Hall–Kier alpha value is -1.88. The SMILES string of the molecule is COC(=O)[C@@]1(NC(=O)c2ccccc2)CCCC[C@H]1OC. The van der Waals surface area contributed by atoms with Crippen molar-refractivity contribution in [3.63, 3.8) is 0 Å². The number of methoxy groups -OCH3 is 2. The molecule has 0 aliphatic heterocycles. The van der Waals surface area contributed by atoms with Gasteiger partial charge < -0.3 is 14.8 Å². The van der Waals surface area contributed by atoms with Crippen molar-refractivity contribution in [2.24, 2.45) is 0 Å². The monoisotopic (exact) mass is 291 g/mol. The number of carbonyl (C=O) groups is 2. The minimum atomic E-state index is -1.10. The van der Waals surface area contributed by atoms with E-state index < -0.39 is 11.5 Å². The normalized spacial score (nSPS) is 25.1. The van der Waals surface area contributed by atoms with Gasteiger partial charge in [0.15, 0.2) is 5.54 Å². The zero-order valence-corrected chi connectivity index (χ0v) is 12.4. The van der Waals surface area contributed by atoms with Gasteiger partial charge in [0.05, 0.1) is 13.2 Å². The summed E-state index contributed by atoms with van der Waals surface area (Å²) in [5, 5.41) is 2.86. The number of esters is 1. The summed E-state index contributed by atoms with van der Waals surface area (Å²) in [4.78, 5) is 24.7. The van der Waals surface area contributed by atoms with Gasteiger partial charge in [-0.25, -0.2) is 4.79 Å². The van der Waals surface area contributed by atoms with Crippen LogP contribution in [0, 0.1) is 0 Å². The molecule has 0 heterocycles. The van der Waals surface area contributed by atoms with Crippen LogP contribution in [0.2, 0.25) is 0 Å². The molecule has 1 aliphatic carbocycles. The lowest BCUT2D eigenvalue weighted by Gasteiger charge is -2.41. The molecule has 21 heavy (non-hydrogen) atoms. The number of amides is 1. The highest BCUT2D eigenvalue weighted by Gasteiger charge is 2.50. The fourth-order valence-corrected chi connectivity index (χ4v) is 2.93. The maximum atomic E-state index is 12.4. The minimum Gasteiger partial charge on any atom is -0.467 e. The van der Waals surface area contributed by atoms with Crippen LogP contribution in [0.4, 0.5) is 0 Å². The topological polar surface area (TPSA) is 64.6 Å². The number of rotatable bonds is 4. The van der Waals surface area contributed by atoms with Crippen LogP contribution in [0.25, 0.3) is 0 Å². The zero-order valence-electron chi connectivity index (χ0n) is 12.4. The van der Waals surface area contributed by atoms with E-state index in [0.29, 0.717) is 12.0 Å². The fraction of sp³-hybridized carbons (Fsp3) is 0.500. The van der Waals surface area contributed by atoms with Crippen LogP contribution in [0.15, 0.2) is 30.3 Å². The summed E-state index contributed by atoms with van der Waals surface area (Å²) in [5.41, 5.74) is -0.588. The Morgan fingerprint density at radius 2 is 1.90 bits per heavy atom. The van der Waals surface area contributed by atoms with Gasteiger partial charge >= 0.3 is 5.97 Å². The summed E-state index contributed by atoms with van der Waals surface area (Å²) in [5.74, 6) is -0.733. The van der Waals surface area contributed by atoms with Crippen LogP contribution in [-0.4, -0.2) is 37.7 Å². The number of hydrogen-bond acceptors (Lipinski definition) is 4. The molecular weight excluding hydrogens is 270 g/mol. The second-order valence-corrected chi connectivity index (χ2v) is 5.25. The third-order valence-corrected chi connectivity index (χ3v) is 4.04. The molecule has 1 fully saturated rings. The van der Waals surface area contributed by atoms with Crippen molar-refractivity contribution < 1.29 is 19.1 Å². The molecule has 5 heteroatoms. The Bertz CT molecular complexity index is 502. The molecule has 1 N–H and O–H groups in total. The van der Waals surface area contributed by atoms with Crippen molar-refractivity contribution in [2.45, 2.75) is 37.3 Å². The lowest BCUT2D eigenvalue weighted by molar-refractivity contribution is -0.157. The van der Waals surface area contributed by atoms with Crippen LogP contribution in [0.1, 0.15) is 36.0 Å². The maximum absolute atomic E-state index is 12.4. The van der Waals surface area contributed by atoms with E-state index in [1.165, 1.54) is 7.11 Å².